The van der Waals surface area contributed by atoms with E-state index in [9.17, 15) is 18.4 Å². The van der Waals surface area contributed by atoms with Crippen LogP contribution in [0, 0.1) is 11.6 Å². The molecule has 0 fully saturated rings. The molecule has 7 heteroatoms. The second-order valence-corrected chi connectivity index (χ2v) is 6.99. The Bertz CT molecular complexity index is 1100. The molecular weight excluding hydrogens is 364 g/mol. The monoisotopic (exact) mass is 383 g/mol. The van der Waals surface area contributed by atoms with Gasteiger partial charge in [-0.3, -0.25) is 14.2 Å². The minimum Gasteiger partial charge on any atom is -0.322 e. The third kappa shape index (κ3) is 3.65. The number of anilines is 1. The molecule has 0 spiro atoms. The first-order valence-corrected chi connectivity index (χ1v) is 9.32. The van der Waals surface area contributed by atoms with Crippen LogP contribution < -0.4 is 10.9 Å². The van der Waals surface area contributed by atoms with Gasteiger partial charge in [0.15, 0.2) is 0 Å². The van der Waals surface area contributed by atoms with Gasteiger partial charge in [0.2, 0.25) is 0 Å². The van der Waals surface area contributed by atoms with Crippen molar-refractivity contribution in [3.05, 3.63) is 69.8 Å². The lowest BCUT2D eigenvalue weighted by Gasteiger charge is -2.16. The van der Waals surface area contributed by atoms with Gasteiger partial charge in [-0.15, -0.1) is 0 Å². The summed E-state index contributed by atoms with van der Waals surface area (Å²) >= 11 is 0. The molecule has 0 aliphatic carbocycles. The molecule has 1 aliphatic heterocycles. The fraction of sp³-hybridized carbons (Fsp3) is 0.286. The molecule has 0 unspecified atom stereocenters. The van der Waals surface area contributed by atoms with Gasteiger partial charge < -0.3 is 5.32 Å². The van der Waals surface area contributed by atoms with E-state index >= 15 is 0 Å². The lowest BCUT2D eigenvalue weighted by molar-refractivity contribution is 0.102. The molecule has 0 atom stereocenters. The van der Waals surface area contributed by atoms with Gasteiger partial charge in [-0.05, 0) is 43.2 Å². The molecule has 0 saturated heterocycles. The second-order valence-electron chi connectivity index (χ2n) is 6.99. The van der Waals surface area contributed by atoms with Crippen LogP contribution in [0.25, 0.3) is 10.9 Å². The highest BCUT2D eigenvalue weighted by Crippen LogP contribution is 2.18. The van der Waals surface area contributed by atoms with Crippen molar-refractivity contribution in [1.29, 1.82) is 0 Å². The predicted molar refractivity (Wildman–Crippen MR) is 102 cm³/mol. The van der Waals surface area contributed by atoms with Crippen molar-refractivity contribution in [2.45, 2.75) is 38.6 Å². The van der Waals surface area contributed by atoms with Gasteiger partial charge in [-0.2, -0.15) is 0 Å². The highest BCUT2D eigenvalue weighted by Gasteiger charge is 2.15. The summed E-state index contributed by atoms with van der Waals surface area (Å²) in [5.41, 5.74) is 0.643. The first-order chi connectivity index (χ1) is 13.5. The Morgan fingerprint density at radius 1 is 1.00 bits per heavy atom. The summed E-state index contributed by atoms with van der Waals surface area (Å²) in [5.74, 6) is -1.34. The first kappa shape index (κ1) is 18.3. The zero-order valence-corrected chi connectivity index (χ0v) is 15.2. The Hall–Kier alpha value is -3.09. The topological polar surface area (TPSA) is 64.0 Å². The quantitative estimate of drug-likeness (QED) is 0.726. The number of fused-ring (bicyclic) bond motifs is 2. The van der Waals surface area contributed by atoms with Gasteiger partial charge in [0.1, 0.15) is 17.5 Å². The summed E-state index contributed by atoms with van der Waals surface area (Å²) < 4.78 is 28.4. The molecule has 144 valence electrons. The highest BCUT2D eigenvalue weighted by atomic mass is 19.1. The smallest absolute Gasteiger partial charge is 0.261 e. The Morgan fingerprint density at radius 2 is 1.75 bits per heavy atom. The molecule has 4 rings (SSSR count). The third-order valence-electron chi connectivity index (χ3n) is 4.95. The van der Waals surface area contributed by atoms with Crippen LogP contribution in [0.15, 0.2) is 41.2 Å². The number of aryl methyl sites for hydroxylation is 1. The summed E-state index contributed by atoms with van der Waals surface area (Å²) in [7, 11) is 0. The van der Waals surface area contributed by atoms with E-state index in [0.29, 0.717) is 17.4 Å². The largest absolute Gasteiger partial charge is 0.322 e. The molecule has 2 aromatic carbocycles. The number of aromatic nitrogens is 2. The molecule has 1 aliphatic rings. The summed E-state index contributed by atoms with van der Waals surface area (Å²) in [5, 5.41) is 2.93. The van der Waals surface area contributed by atoms with Gasteiger partial charge >= 0.3 is 0 Å². The van der Waals surface area contributed by atoms with Crippen molar-refractivity contribution in [3.63, 3.8) is 0 Å². The Balaban J connectivity index is 1.69. The van der Waals surface area contributed by atoms with Gasteiger partial charge in [-0.1, -0.05) is 12.8 Å². The lowest BCUT2D eigenvalue weighted by Crippen LogP contribution is -2.26. The van der Waals surface area contributed by atoms with E-state index in [1.54, 1.807) is 16.7 Å². The van der Waals surface area contributed by atoms with Crippen LogP contribution in [0.3, 0.4) is 0 Å². The molecule has 5 nitrogen and oxygen atoms in total. The van der Waals surface area contributed by atoms with Crippen LogP contribution in [0.4, 0.5) is 14.5 Å². The van der Waals surface area contributed by atoms with Crippen LogP contribution in [-0.2, 0) is 13.0 Å². The van der Waals surface area contributed by atoms with Crippen molar-refractivity contribution < 1.29 is 13.6 Å². The number of carbonyl (C=O) groups is 1. The van der Waals surface area contributed by atoms with E-state index in [4.69, 9.17) is 0 Å². The maximum atomic E-state index is 13.3. The summed E-state index contributed by atoms with van der Waals surface area (Å²) in [6.45, 7) is 0.657. The number of benzene rings is 2. The average molecular weight is 383 g/mol. The molecule has 3 aromatic rings. The minimum atomic E-state index is -0.776. The molecule has 0 radical (unpaired) electrons. The molecular formula is C21H19F2N3O2. The van der Waals surface area contributed by atoms with E-state index in [-0.39, 0.29) is 16.8 Å². The number of rotatable bonds is 2. The second kappa shape index (κ2) is 7.50. The standard InChI is InChI=1S/C21H19F2N3O2/c22-14-10-15(23)12-16(11-14)24-20(27)13-6-7-17-18(9-13)25-19-5-3-1-2-4-8-26(19)21(17)28/h6-7,9-12H,1-5,8H2,(H,24,27). The number of amides is 1. The van der Waals surface area contributed by atoms with Gasteiger partial charge in [0.05, 0.1) is 10.9 Å². The van der Waals surface area contributed by atoms with Gasteiger partial charge in [0, 0.05) is 30.3 Å². The van der Waals surface area contributed by atoms with Crippen LogP contribution in [0.5, 0.6) is 0 Å². The third-order valence-corrected chi connectivity index (χ3v) is 4.95. The van der Waals surface area contributed by atoms with Crippen molar-refractivity contribution in [2.24, 2.45) is 0 Å². The maximum Gasteiger partial charge on any atom is 0.261 e. The van der Waals surface area contributed by atoms with Crippen LogP contribution in [0.2, 0.25) is 0 Å². The Labute approximate surface area is 160 Å². The lowest BCUT2D eigenvalue weighted by atomic mass is 10.1. The van der Waals surface area contributed by atoms with Crippen molar-refractivity contribution in [1.82, 2.24) is 9.55 Å². The van der Waals surface area contributed by atoms with Crippen molar-refractivity contribution in [2.75, 3.05) is 5.32 Å². The van der Waals surface area contributed by atoms with E-state index in [2.05, 4.69) is 10.3 Å². The zero-order chi connectivity index (χ0) is 19.7. The first-order valence-electron chi connectivity index (χ1n) is 9.32. The fourth-order valence-electron chi connectivity index (χ4n) is 3.57. The minimum absolute atomic E-state index is 0.0220. The normalized spacial score (nSPS) is 14.2. The van der Waals surface area contributed by atoms with Gasteiger partial charge in [-0.25, -0.2) is 13.8 Å². The van der Waals surface area contributed by atoms with Crippen LogP contribution in [-0.4, -0.2) is 15.5 Å². The predicted octanol–water partition coefficient (Wildman–Crippen LogP) is 4.04. The Morgan fingerprint density at radius 3 is 2.54 bits per heavy atom. The highest BCUT2D eigenvalue weighted by molar-refractivity contribution is 6.06. The average Bonchev–Trinajstić information content (AvgIpc) is 2.62. The van der Waals surface area contributed by atoms with Crippen LogP contribution in [0.1, 0.15) is 41.9 Å². The van der Waals surface area contributed by atoms with E-state index < -0.39 is 17.5 Å². The van der Waals surface area contributed by atoms with E-state index in [1.807, 2.05) is 0 Å². The molecule has 0 bridgehead atoms. The molecule has 0 saturated carbocycles. The van der Waals surface area contributed by atoms with Crippen molar-refractivity contribution >= 4 is 22.5 Å². The number of hydrogen-bond acceptors (Lipinski definition) is 3. The number of hydrogen-bond donors (Lipinski definition) is 1. The number of carbonyl (C=O) groups excluding carboxylic acids is 1. The molecule has 28 heavy (non-hydrogen) atoms. The molecule has 1 amide bonds. The zero-order valence-electron chi connectivity index (χ0n) is 15.2. The SMILES string of the molecule is O=C(Nc1cc(F)cc(F)c1)c1ccc2c(=O)n3c(nc2c1)CCCCCC3. The number of halogens is 2. The number of nitrogens with zero attached hydrogens (tertiary/aromatic N) is 2. The van der Waals surface area contributed by atoms with Gasteiger partial charge in [0.25, 0.3) is 11.5 Å². The van der Waals surface area contributed by atoms with Crippen LogP contribution >= 0.6 is 0 Å². The maximum absolute atomic E-state index is 13.3. The summed E-state index contributed by atoms with van der Waals surface area (Å²) in [6, 6.07) is 7.45. The van der Waals surface area contributed by atoms with E-state index in [1.165, 1.54) is 6.07 Å². The Kier molecular flexibility index (Phi) is 4.90. The molecule has 1 N–H and O–H groups in total. The summed E-state index contributed by atoms with van der Waals surface area (Å²) in [4.78, 5) is 29.9. The number of nitrogens with one attached hydrogen (secondary N) is 1. The van der Waals surface area contributed by atoms with E-state index in [0.717, 1.165) is 56.1 Å². The molecule has 2 heterocycles. The fourth-order valence-corrected chi connectivity index (χ4v) is 3.57. The molecule has 1 aromatic heterocycles. The van der Waals surface area contributed by atoms with Crippen molar-refractivity contribution in [3.8, 4) is 0 Å². The summed E-state index contributed by atoms with van der Waals surface area (Å²) in [6.07, 6.45) is 4.86.